The molecule has 2 atom stereocenters. The molecular formula is C11H22GeO. The fourth-order valence-corrected chi connectivity index (χ4v) is 7.93. The summed E-state index contributed by atoms with van der Waals surface area (Å²) in [6, 6.07) is 0. The second kappa shape index (κ2) is 2.54. The third-order valence-corrected chi connectivity index (χ3v) is 10.8. The minimum atomic E-state index is -1.59. The van der Waals surface area contributed by atoms with Gasteiger partial charge in [0, 0.05) is 0 Å². The molecule has 0 amide bonds. The van der Waals surface area contributed by atoms with Crippen LogP contribution in [0, 0.1) is 5.41 Å². The van der Waals surface area contributed by atoms with Crippen LogP contribution in [-0.2, 0) is 4.74 Å². The summed E-state index contributed by atoms with van der Waals surface area (Å²) in [7, 11) is 0. The fourth-order valence-electron chi connectivity index (χ4n) is 2.81. The number of fused-ring (bicyclic) bond motifs is 1. The van der Waals surface area contributed by atoms with E-state index in [1.54, 1.807) is 0 Å². The zero-order valence-corrected chi connectivity index (χ0v) is 11.7. The molecule has 2 aliphatic rings. The number of hydrogen-bond acceptors (Lipinski definition) is 1. The summed E-state index contributed by atoms with van der Waals surface area (Å²) in [6.07, 6.45) is 4.65. The second-order valence-electron chi connectivity index (χ2n) is 6.61. The van der Waals surface area contributed by atoms with Crippen molar-refractivity contribution in [2.24, 2.45) is 5.41 Å². The molecule has 76 valence electrons. The van der Waals surface area contributed by atoms with Crippen LogP contribution in [0.1, 0.15) is 33.1 Å². The summed E-state index contributed by atoms with van der Waals surface area (Å²) in [6.45, 7) is 4.77. The van der Waals surface area contributed by atoms with Crippen LogP contribution in [0.5, 0.6) is 0 Å². The Morgan fingerprint density at radius 1 is 1.15 bits per heavy atom. The molecule has 0 aromatic heterocycles. The molecule has 1 saturated carbocycles. The molecule has 1 aliphatic heterocycles. The van der Waals surface area contributed by atoms with E-state index in [-0.39, 0.29) is 0 Å². The van der Waals surface area contributed by atoms with Crippen LogP contribution in [0.25, 0.3) is 0 Å². The van der Waals surface area contributed by atoms with Crippen molar-refractivity contribution in [2.45, 2.75) is 60.9 Å². The monoisotopic (exact) mass is 244 g/mol. The Morgan fingerprint density at radius 2 is 1.77 bits per heavy atom. The standard InChI is InChI=1S/C11H22GeO/c1-10(2)6-7-11(12(3,4)5)9(8-10)13-11/h9H,6-8H2,1-5H3/t9-,11+/m0/s1. The van der Waals surface area contributed by atoms with Crippen molar-refractivity contribution in [1.29, 1.82) is 0 Å². The Bertz CT molecular complexity index is 229. The summed E-state index contributed by atoms with van der Waals surface area (Å²) >= 11 is -1.59. The molecule has 1 heterocycles. The molecule has 13 heavy (non-hydrogen) atoms. The molecular weight excluding hydrogens is 221 g/mol. The van der Waals surface area contributed by atoms with E-state index in [0.29, 0.717) is 16.0 Å². The summed E-state index contributed by atoms with van der Waals surface area (Å²) < 4.78 is 6.47. The molecule has 0 N–H and O–H groups in total. The van der Waals surface area contributed by atoms with Crippen molar-refractivity contribution in [3.63, 3.8) is 0 Å². The average molecular weight is 243 g/mol. The zero-order chi connectivity index (χ0) is 9.91. The Balaban J connectivity index is 2.12. The van der Waals surface area contributed by atoms with Gasteiger partial charge in [0.25, 0.3) is 0 Å². The van der Waals surface area contributed by atoms with E-state index in [0.717, 1.165) is 0 Å². The first-order chi connectivity index (χ1) is 5.77. The Labute approximate surface area is 84.6 Å². The molecule has 2 fully saturated rings. The van der Waals surface area contributed by atoms with Gasteiger partial charge in [0.05, 0.1) is 0 Å². The Hall–Kier alpha value is 0.503. The molecule has 1 aliphatic carbocycles. The fraction of sp³-hybridized carbons (Fsp3) is 1.00. The number of ether oxygens (including phenoxy) is 1. The van der Waals surface area contributed by atoms with Gasteiger partial charge in [-0.1, -0.05) is 0 Å². The van der Waals surface area contributed by atoms with Crippen molar-refractivity contribution < 1.29 is 4.74 Å². The molecule has 0 bridgehead atoms. The van der Waals surface area contributed by atoms with Crippen LogP contribution in [0.4, 0.5) is 0 Å². The van der Waals surface area contributed by atoms with Gasteiger partial charge in [0.15, 0.2) is 0 Å². The maximum absolute atomic E-state index is 6.05. The third kappa shape index (κ3) is 1.48. The first-order valence-electron chi connectivity index (χ1n) is 5.45. The maximum atomic E-state index is 6.05. The van der Waals surface area contributed by atoms with E-state index in [2.05, 4.69) is 31.1 Å². The second-order valence-corrected chi connectivity index (χ2v) is 17.8. The molecule has 1 saturated heterocycles. The summed E-state index contributed by atoms with van der Waals surface area (Å²) in [4.78, 5) is 0. The van der Waals surface area contributed by atoms with Gasteiger partial charge in [-0.15, -0.1) is 0 Å². The van der Waals surface area contributed by atoms with Crippen LogP contribution in [0.2, 0.25) is 17.3 Å². The number of hydrogen-bond donors (Lipinski definition) is 0. The van der Waals surface area contributed by atoms with Gasteiger partial charge < -0.3 is 0 Å². The van der Waals surface area contributed by atoms with Crippen LogP contribution in [-0.4, -0.2) is 23.8 Å². The Morgan fingerprint density at radius 3 is 2.23 bits per heavy atom. The molecule has 2 rings (SSSR count). The van der Waals surface area contributed by atoms with Gasteiger partial charge >= 0.3 is 84.3 Å². The number of epoxide rings is 1. The van der Waals surface area contributed by atoms with E-state index in [1.807, 2.05) is 0 Å². The van der Waals surface area contributed by atoms with Gasteiger partial charge in [-0.05, 0) is 0 Å². The van der Waals surface area contributed by atoms with Crippen LogP contribution in [0.15, 0.2) is 0 Å². The van der Waals surface area contributed by atoms with Crippen LogP contribution < -0.4 is 0 Å². The van der Waals surface area contributed by atoms with Gasteiger partial charge in [0.1, 0.15) is 0 Å². The summed E-state index contributed by atoms with van der Waals surface area (Å²) in [5.41, 5.74) is 0.540. The van der Waals surface area contributed by atoms with Crippen LogP contribution >= 0.6 is 0 Å². The normalized spacial score (nSPS) is 42.7. The predicted octanol–water partition coefficient (Wildman–Crippen LogP) is 3.21. The molecule has 0 aromatic carbocycles. The molecule has 2 heteroatoms. The molecule has 0 unspecified atom stereocenters. The molecule has 0 radical (unpaired) electrons. The van der Waals surface area contributed by atoms with Gasteiger partial charge in [-0.2, -0.15) is 0 Å². The first-order valence-corrected chi connectivity index (χ1v) is 12.8. The average Bonchev–Trinajstić information content (AvgIpc) is 2.58. The predicted molar refractivity (Wildman–Crippen MR) is 58.6 cm³/mol. The van der Waals surface area contributed by atoms with E-state index in [9.17, 15) is 0 Å². The van der Waals surface area contributed by atoms with E-state index in [4.69, 9.17) is 4.74 Å². The van der Waals surface area contributed by atoms with Gasteiger partial charge in [0.2, 0.25) is 0 Å². The van der Waals surface area contributed by atoms with Crippen molar-refractivity contribution in [2.75, 3.05) is 0 Å². The molecule has 0 aromatic rings. The van der Waals surface area contributed by atoms with Crippen molar-refractivity contribution in [1.82, 2.24) is 0 Å². The van der Waals surface area contributed by atoms with Gasteiger partial charge in [-0.25, -0.2) is 0 Å². The molecule has 0 spiro atoms. The minimum absolute atomic E-state index is 0.426. The Kier molecular flexibility index (Phi) is 1.96. The van der Waals surface area contributed by atoms with Crippen LogP contribution in [0.3, 0.4) is 0 Å². The first kappa shape index (κ1) is 10.0. The summed E-state index contributed by atoms with van der Waals surface area (Å²) in [5, 5.41) is 0. The van der Waals surface area contributed by atoms with E-state index in [1.165, 1.54) is 19.3 Å². The van der Waals surface area contributed by atoms with Gasteiger partial charge in [-0.3, -0.25) is 0 Å². The van der Waals surface area contributed by atoms with Crippen molar-refractivity contribution in [3.05, 3.63) is 0 Å². The topological polar surface area (TPSA) is 12.5 Å². The van der Waals surface area contributed by atoms with Crippen molar-refractivity contribution >= 4 is 13.3 Å². The van der Waals surface area contributed by atoms with E-state index >= 15 is 0 Å². The van der Waals surface area contributed by atoms with Crippen molar-refractivity contribution in [3.8, 4) is 0 Å². The summed E-state index contributed by atoms with van der Waals surface area (Å²) in [5.74, 6) is 7.50. The molecule has 1 nitrogen and oxygen atoms in total. The van der Waals surface area contributed by atoms with E-state index < -0.39 is 13.3 Å². The third-order valence-electron chi connectivity index (χ3n) is 4.00. The quantitative estimate of drug-likeness (QED) is 0.508. The zero-order valence-electron chi connectivity index (χ0n) is 9.61. The SMILES string of the molecule is CC1(C)CC[C@@]2([Ge]([CH3])([CH3])[CH3])O[C@H]2C1. The number of rotatable bonds is 1.